The average Bonchev–Trinajstić information content (AvgIpc) is 3.42. The predicted molar refractivity (Wildman–Crippen MR) is 108 cm³/mol. The summed E-state index contributed by atoms with van der Waals surface area (Å²) in [4.78, 5) is 28.3. The number of likely N-dealkylation sites (tertiary alicyclic amines) is 1. The second-order valence-corrected chi connectivity index (χ2v) is 7.67. The number of hydrogen-bond acceptors (Lipinski definition) is 6. The third kappa shape index (κ3) is 3.85. The summed E-state index contributed by atoms with van der Waals surface area (Å²) >= 11 is 0. The maximum absolute atomic E-state index is 12.6. The van der Waals surface area contributed by atoms with Crippen molar-refractivity contribution in [1.82, 2.24) is 19.9 Å². The van der Waals surface area contributed by atoms with E-state index in [0.717, 1.165) is 29.8 Å². The molecule has 5 rings (SSSR count). The van der Waals surface area contributed by atoms with E-state index >= 15 is 0 Å². The molecular formula is C22H23N5O2. The lowest BCUT2D eigenvalue weighted by Crippen LogP contribution is -2.38. The lowest BCUT2D eigenvalue weighted by atomic mass is 9.90. The van der Waals surface area contributed by atoms with Gasteiger partial charge in [0.05, 0.1) is 17.7 Å². The molecule has 2 fully saturated rings. The Hall–Kier alpha value is -3.22. The Balaban J connectivity index is 1.38. The molecule has 29 heavy (non-hydrogen) atoms. The summed E-state index contributed by atoms with van der Waals surface area (Å²) in [7, 11) is 0. The second-order valence-electron chi connectivity index (χ2n) is 7.67. The molecule has 0 radical (unpaired) electrons. The van der Waals surface area contributed by atoms with Gasteiger partial charge in [-0.25, -0.2) is 9.97 Å². The first kappa shape index (κ1) is 17.8. The van der Waals surface area contributed by atoms with Gasteiger partial charge in [-0.05, 0) is 49.9 Å². The summed E-state index contributed by atoms with van der Waals surface area (Å²) < 4.78 is 5.27. The van der Waals surface area contributed by atoms with E-state index in [4.69, 9.17) is 9.40 Å². The van der Waals surface area contributed by atoms with Crippen molar-refractivity contribution in [2.24, 2.45) is 0 Å². The zero-order chi connectivity index (χ0) is 19.6. The average molecular weight is 389 g/mol. The molecule has 1 aliphatic carbocycles. The summed E-state index contributed by atoms with van der Waals surface area (Å²) in [6, 6.07) is 9.84. The Bertz CT molecular complexity index is 978. The van der Waals surface area contributed by atoms with Crippen LogP contribution in [-0.2, 0) is 0 Å². The van der Waals surface area contributed by atoms with Crippen LogP contribution in [0.1, 0.15) is 47.8 Å². The molecule has 1 amide bonds. The first-order valence-electron chi connectivity index (χ1n) is 10.2. The van der Waals surface area contributed by atoms with Crippen molar-refractivity contribution in [2.75, 3.05) is 18.4 Å². The highest BCUT2D eigenvalue weighted by molar-refractivity contribution is 5.91. The molecular weight excluding hydrogens is 366 g/mol. The number of nitrogens with zero attached hydrogens (tertiary/aromatic N) is 4. The lowest BCUT2D eigenvalue weighted by Gasteiger charge is -2.32. The van der Waals surface area contributed by atoms with Crippen molar-refractivity contribution >= 4 is 11.9 Å². The van der Waals surface area contributed by atoms with E-state index < -0.39 is 0 Å². The Morgan fingerprint density at radius 3 is 2.62 bits per heavy atom. The number of hydrogen-bond donors (Lipinski definition) is 1. The fourth-order valence-electron chi connectivity index (χ4n) is 3.82. The van der Waals surface area contributed by atoms with Crippen LogP contribution in [-0.4, -0.2) is 44.9 Å². The molecule has 0 unspecified atom stereocenters. The van der Waals surface area contributed by atoms with Gasteiger partial charge in [0, 0.05) is 43.0 Å². The summed E-state index contributed by atoms with van der Waals surface area (Å²) in [6.45, 7) is 1.36. The number of aromatic nitrogens is 3. The van der Waals surface area contributed by atoms with E-state index in [9.17, 15) is 4.79 Å². The van der Waals surface area contributed by atoms with Gasteiger partial charge >= 0.3 is 0 Å². The van der Waals surface area contributed by atoms with E-state index in [2.05, 4.69) is 15.3 Å². The molecule has 3 aromatic rings. The van der Waals surface area contributed by atoms with Crippen molar-refractivity contribution < 1.29 is 9.21 Å². The summed E-state index contributed by atoms with van der Waals surface area (Å²) in [5, 5.41) is 3.40. The molecule has 0 bridgehead atoms. The normalized spacial score (nSPS) is 17.3. The SMILES string of the molecule is O=C(c1ccco1)N1CCC(c2nc(NC3CC3)ncc2-c2ccccn2)CC1. The fourth-order valence-corrected chi connectivity index (χ4v) is 3.82. The molecule has 7 heteroatoms. The maximum atomic E-state index is 12.6. The smallest absolute Gasteiger partial charge is 0.289 e. The molecule has 148 valence electrons. The van der Waals surface area contributed by atoms with Crippen LogP contribution < -0.4 is 5.32 Å². The molecule has 1 saturated carbocycles. The Morgan fingerprint density at radius 1 is 1.07 bits per heavy atom. The first-order chi connectivity index (χ1) is 14.3. The number of piperidine rings is 1. The molecule has 7 nitrogen and oxygen atoms in total. The van der Waals surface area contributed by atoms with Gasteiger partial charge in [0.25, 0.3) is 5.91 Å². The van der Waals surface area contributed by atoms with E-state index in [1.807, 2.05) is 29.3 Å². The van der Waals surface area contributed by atoms with Crippen LogP contribution >= 0.6 is 0 Å². The number of amides is 1. The monoisotopic (exact) mass is 389 g/mol. The molecule has 0 spiro atoms. The van der Waals surface area contributed by atoms with Crippen molar-refractivity contribution in [3.8, 4) is 11.3 Å². The predicted octanol–water partition coefficient (Wildman–Crippen LogP) is 3.73. The molecule has 0 aromatic carbocycles. The van der Waals surface area contributed by atoms with Crippen LogP contribution in [0.3, 0.4) is 0 Å². The topological polar surface area (TPSA) is 84.2 Å². The van der Waals surface area contributed by atoms with Crippen LogP contribution in [0.2, 0.25) is 0 Å². The van der Waals surface area contributed by atoms with Crippen LogP contribution in [0.5, 0.6) is 0 Å². The van der Waals surface area contributed by atoms with Crippen LogP contribution in [0.4, 0.5) is 5.95 Å². The number of pyridine rings is 1. The summed E-state index contributed by atoms with van der Waals surface area (Å²) in [6.07, 6.45) is 9.27. The van der Waals surface area contributed by atoms with Gasteiger partial charge in [-0.3, -0.25) is 9.78 Å². The molecule has 1 N–H and O–H groups in total. The Morgan fingerprint density at radius 2 is 1.93 bits per heavy atom. The largest absolute Gasteiger partial charge is 0.459 e. The van der Waals surface area contributed by atoms with Gasteiger partial charge in [0.1, 0.15) is 0 Å². The molecule has 1 aliphatic heterocycles. The number of rotatable bonds is 5. The molecule has 4 heterocycles. The van der Waals surface area contributed by atoms with Crippen LogP contribution in [0.15, 0.2) is 53.4 Å². The first-order valence-corrected chi connectivity index (χ1v) is 10.2. The summed E-state index contributed by atoms with van der Waals surface area (Å²) in [5.41, 5.74) is 2.88. The standard InChI is InChI=1S/C22H23N5O2/c28-21(19-5-3-13-29-19)27-11-8-15(9-12-27)20-17(18-4-1-2-10-23-18)14-24-22(26-20)25-16-6-7-16/h1-5,10,13-16H,6-9,11-12H2,(H,24,25,26). The molecule has 2 aliphatic rings. The van der Waals surface area contributed by atoms with E-state index in [-0.39, 0.29) is 11.8 Å². The van der Waals surface area contributed by atoms with Crippen molar-refractivity contribution in [2.45, 2.75) is 37.6 Å². The van der Waals surface area contributed by atoms with E-state index in [0.29, 0.717) is 30.8 Å². The molecule has 3 aromatic heterocycles. The minimum Gasteiger partial charge on any atom is -0.459 e. The number of furan rings is 1. The zero-order valence-corrected chi connectivity index (χ0v) is 16.1. The quantitative estimate of drug-likeness (QED) is 0.716. The Kier molecular flexibility index (Phi) is 4.71. The third-order valence-corrected chi connectivity index (χ3v) is 5.57. The highest BCUT2D eigenvalue weighted by atomic mass is 16.3. The van der Waals surface area contributed by atoms with Gasteiger partial charge in [-0.2, -0.15) is 0 Å². The van der Waals surface area contributed by atoms with Gasteiger partial charge < -0.3 is 14.6 Å². The number of nitrogens with one attached hydrogen (secondary N) is 1. The fraction of sp³-hybridized carbons (Fsp3) is 0.364. The number of carbonyl (C=O) groups is 1. The highest BCUT2D eigenvalue weighted by Crippen LogP contribution is 2.34. The lowest BCUT2D eigenvalue weighted by molar-refractivity contribution is 0.0680. The zero-order valence-electron chi connectivity index (χ0n) is 16.1. The van der Waals surface area contributed by atoms with Crippen LogP contribution in [0, 0.1) is 0 Å². The second kappa shape index (κ2) is 7.66. The van der Waals surface area contributed by atoms with Crippen molar-refractivity contribution in [3.05, 3.63) is 60.4 Å². The minimum absolute atomic E-state index is 0.0443. The third-order valence-electron chi connectivity index (χ3n) is 5.57. The van der Waals surface area contributed by atoms with Crippen molar-refractivity contribution in [1.29, 1.82) is 0 Å². The van der Waals surface area contributed by atoms with E-state index in [1.54, 1.807) is 18.3 Å². The van der Waals surface area contributed by atoms with Gasteiger partial charge in [0.2, 0.25) is 5.95 Å². The Labute approximate surface area is 169 Å². The number of carbonyl (C=O) groups excluding carboxylic acids is 1. The molecule has 1 saturated heterocycles. The van der Waals surface area contributed by atoms with Crippen molar-refractivity contribution in [3.63, 3.8) is 0 Å². The van der Waals surface area contributed by atoms with Gasteiger partial charge in [0.15, 0.2) is 5.76 Å². The van der Waals surface area contributed by atoms with Gasteiger partial charge in [-0.15, -0.1) is 0 Å². The molecule has 0 atom stereocenters. The minimum atomic E-state index is -0.0443. The summed E-state index contributed by atoms with van der Waals surface area (Å²) in [5.74, 6) is 1.31. The van der Waals surface area contributed by atoms with E-state index in [1.165, 1.54) is 19.1 Å². The number of anilines is 1. The van der Waals surface area contributed by atoms with Crippen LogP contribution in [0.25, 0.3) is 11.3 Å². The van der Waals surface area contributed by atoms with Gasteiger partial charge in [-0.1, -0.05) is 6.07 Å². The maximum Gasteiger partial charge on any atom is 0.289 e. The highest BCUT2D eigenvalue weighted by Gasteiger charge is 2.29.